The third-order valence-electron chi connectivity index (χ3n) is 3.20. The van der Waals surface area contributed by atoms with Gasteiger partial charge in [-0.1, -0.05) is 24.3 Å². The fourth-order valence-corrected chi connectivity index (χ4v) is 2.09. The van der Waals surface area contributed by atoms with Gasteiger partial charge in [0.15, 0.2) is 0 Å². The molecule has 23 heavy (non-hydrogen) atoms. The van der Waals surface area contributed by atoms with Crippen LogP contribution in [0.3, 0.4) is 0 Å². The van der Waals surface area contributed by atoms with Crippen molar-refractivity contribution in [2.75, 3.05) is 5.32 Å². The van der Waals surface area contributed by atoms with Gasteiger partial charge in [0, 0.05) is 17.3 Å². The minimum Gasteiger partial charge on any atom is -0.508 e. The van der Waals surface area contributed by atoms with Crippen molar-refractivity contribution in [1.29, 1.82) is 0 Å². The number of nitrogens with one attached hydrogen (secondary N) is 1. The Hall–Kier alpha value is -3.27. The van der Waals surface area contributed by atoms with E-state index in [2.05, 4.69) is 5.32 Å². The van der Waals surface area contributed by atoms with Crippen molar-refractivity contribution in [3.05, 3.63) is 84.4 Å². The smallest absolute Gasteiger partial charge is 0.255 e. The van der Waals surface area contributed by atoms with E-state index < -0.39 is 0 Å². The van der Waals surface area contributed by atoms with E-state index in [4.69, 9.17) is 4.74 Å². The molecular weight excluding hydrogens is 290 g/mol. The summed E-state index contributed by atoms with van der Waals surface area (Å²) in [6.45, 7) is 0. The maximum Gasteiger partial charge on any atom is 0.255 e. The molecule has 3 rings (SSSR count). The zero-order valence-electron chi connectivity index (χ0n) is 12.3. The fraction of sp³-hybridized carbons (Fsp3) is 0. The van der Waals surface area contributed by atoms with Gasteiger partial charge in [0.05, 0.1) is 0 Å². The van der Waals surface area contributed by atoms with Crippen molar-refractivity contribution >= 4 is 11.6 Å². The first-order chi connectivity index (χ1) is 11.2. The van der Waals surface area contributed by atoms with Crippen molar-refractivity contribution in [2.24, 2.45) is 0 Å². The number of aromatic hydroxyl groups is 1. The molecule has 4 heteroatoms. The zero-order chi connectivity index (χ0) is 16.1. The average Bonchev–Trinajstić information content (AvgIpc) is 2.56. The van der Waals surface area contributed by atoms with E-state index in [1.54, 1.807) is 42.5 Å². The van der Waals surface area contributed by atoms with Crippen LogP contribution in [-0.2, 0) is 0 Å². The van der Waals surface area contributed by atoms with Crippen molar-refractivity contribution in [1.82, 2.24) is 0 Å². The molecular formula is C19H15NO3. The number of phenolic OH excluding ortho intramolecular Hbond substituents is 1. The van der Waals surface area contributed by atoms with Crippen molar-refractivity contribution < 1.29 is 14.6 Å². The number of hydrogen-bond acceptors (Lipinski definition) is 3. The van der Waals surface area contributed by atoms with E-state index in [0.29, 0.717) is 17.0 Å². The molecule has 4 nitrogen and oxygen atoms in total. The molecule has 0 atom stereocenters. The summed E-state index contributed by atoms with van der Waals surface area (Å²) in [5.74, 6) is 1.26. The van der Waals surface area contributed by atoms with Gasteiger partial charge in [-0.05, 0) is 48.5 Å². The lowest BCUT2D eigenvalue weighted by Crippen LogP contribution is -2.11. The first kappa shape index (κ1) is 14.7. The molecule has 2 N–H and O–H groups in total. The SMILES string of the molecule is O=C(Nc1cccc(O)c1)c1ccc(Oc2ccccc2)cc1. The highest BCUT2D eigenvalue weighted by Crippen LogP contribution is 2.22. The van der Waals surface area contributed by atoms with Gasteiger partial charge in [0.1, 0.15) is 17.2 Å². The monoisotopic (exact) mass is 305 g/mol. The van der Waals surface area contributed by atoms with Crippen LogP contribution in [0.1, 0.15) is 10.4 Å². The Bertz CT molecular complexity index is 798. The van der Waals surface area contributed by atoms with Crippen molar-refractivity contribution in [2.45, 2.75) is 0 Å². The minimum atomic E-state index is -0.248. The van der Waals surface area contributed by atoms with E-state index in [1.165, 1.54) is 6.07 Å². The number of hydrogen-bond donors (Lipinski definition) is 2. The van der Waals surface area contributed by atoms with Crippen molar-refractivity contribution in [3.8, 4) is 17.2 Å². The molecule has 0 bridgehead atoms. The van der Waals surface area contributed by atoms with Crippen LogP contribution in [0.4, 0.5) is 5.69 Å². The Morgan fingerprint density at radius 2 is 1.52 bits per heavy atom. The third kappa shape index (κ3) is 3.89. The van der Waals surface area contributed by atoms with Gasteiger partial charge in [0.2, 0.25) is 0 Å². The zero-order valence-corrected chi connectivity index (χ0v) is 12.3. The first-order valence-electron chi connectivity index (χ1n) is 7.14. The number of phenols is 1. The van der Waals surface area contributed by atoms with E-state index >= 15 is 0 Å². The Labute approximate surface area is 134 Å². The molecule has 0 unspecified atom stereocenters. The van der Waals surface area contributed by atoms with Crippen LogP contribution < -0.4 is 10.1 Å². The molecule has 3 aromatic rings. The van der Waals surface area contributed by atoms with Crippen LogP contribution in [0.15, 0.2) is 78.9 Å². The van der Waals surface area contributed by atoms with Crippen LogP contribution in [0.2, 0.25) is 0 Å². The predicted molar refractivity (Wildman–Crippen MR) is 89.0 cm³/mol. The summed E-state index contributed by atoms with van der Waals surface area (Å²) in [6, 6.07) is 22.7. The van der Waals surface area contributed by atoms with Gasteiger partial charge in [-0.25, -0.2) is 0 Å². The molecule has 1 amide bonds. The van der Waals surface area contributed by atoms with Gasteiger partial charge in [-0.15, -0.1) is 0 Å². The molecule has 0 aliphatic carbocycles. The van der Waals surface area contributed by atoms with E-state index in [-0.39, 0.29) is 11.7 Å². The number of para-hydroxylation sites is 1. The Balaban J connectivity index is 1.68. The molecule has 0 aromatic heterocycles. The first-order valence-corrected chi connectivity index (χ1v) is 7.14. The van der Waals surface area contributed by atoms with Crippen LogP contribution >= 0.6 is 0 Å². The Morgan fingerprint density at radius 3 is 2.22 bits per heavy atom. The normalized spacial score (nSPS) is 10.1. The quantitative estimate of drug-likeness (QED) is 0.749. The average molecular weight is 305 g/mol. The second kappa shape index (κ2) is 6.66. The molecule has 0 aliphatic rings. The van der Waals surface area contributed by atoms with Gasteiger partial charge in [-0.2, -0.15) is 0 Å². The lowest BCUT2D eigenvalue weighted by atomic mass is 10.2. The number of rotatable bonds is 4. The number of carbonyl (C=O) groups excluding carboxylic acids is 1. The van der Waals surface area contributed by atoms with Crippen molar-refractivity contribution in [3.63, 3.8) is 0 Å². The molecule has 0 radical (unpaired) electrons. The van der Waals surface area contributed by atoms with Gasteiger partial charge in [0.25, 0.3) is 5.91 Å². The summed E-state index contributed by atoms with van der Waals surface area (Å²) in [5, 5.41) is 12.1. The lowest BCUT2D eigenvalue weighted by Gasteiger charge is -2.08. The molecule has 0 heterocycles. The summed E-state index contributed by atoms with van der Waals surface area (Å²) < 4.78 is 5.68. The molecule has 0 spiro atoms. The number of amides is 1. The second-order valence-corrected chi connectivity index (χ2v) is 4.94. The van der Waals surface area contributed by atoms with E-state index in [1.807, 2.05) is 30.3 Å². The Morgan fingerprint density at radius 1 is 0.826 bits per heavy atom. The minimum absolute atomic E-state index is 0.106. The lowest BCUT2D eigenvalue weighted by molar-refractivity contribution is 0.102. The number of carbonyl (C=O) groups is 1. The molecule has 0 fully saturated rings. The number of ether oxygens (including phenoxy) is 1. The number of benzene rings is 3. The molecule has 114 valence electrons. The molecule has 3 aromatic carbocycles. The summed E-state index contributed by atoms with van der Waals surface area (Å²) in [6.07, 6.45) is 0. The number of anilines is 1. The second-order valence-electron chi connectivity index (χ2n) is 4.94. The maximum atomic E-state index is 12.2. The summed E-state index contributed by atoms with van der Waals surface area (Å²) >= 11 is 0. The molecule has 0 aliphatic heterocycles. The highest BCUT2D eigenvalue weighted by Gasteiger charge is 2.07. The highest BCUT2D eigenvalue weighted by atomic mass is 16.5. The van der Waals surface area contributed by atoms with E-state index in [9.17, 15) is 9.90 Å². The predicted octanol–water partition coefficient (Wildman–Crippen LogP) is 4.44. The third-order valence-corrected chi connectivity index (χ3v) is 3.20. The Kier molecular flexibility index (Phi) is 4.25. The van der Waals surface area contributed by atoms with Crippen LogP contribution in [0.5, 0.6) is 17.2 Å². The van der Waals surface area contributed by atoms with Crippen LogP contribution in [-0.4, -0.2) is 11.0 Å². The summed E-state index contributed by atoms with van der Waals surface area (Å²) in [7, 11) is 0. The highest BCUT2D eigenvalue weighted by molar-refractivity contribution is 6.04. The van der Waals surface area contributed by atoms with E-state index in [0.717, 1.165) is 5.75 Å². The fourth-order valence-electron chi connectivity index (χ4n) is 2.09. The largest absolute Gasteiger partial charge is 0.508 e. The van der Waals surface area contributed by atoms with Gasteiger partial charge >= 0.3 is 0 Å². The molecule has 0 saturated carbocycles. The standard InChI is InChI=1S/C19H15NO3/c21-16-6-4-5-15(13-16)20-19(22)14-9-11-18(12-10-14)23-17-7-2-1-3-8-17/h1-13,21H,(H,20,22). The maximum absolute atomic E-state index is 12.2. The van der Waals surface area contributed by atoms with Gasteiger partial charge in [-0.3, -0.25) is 4.79 Å². The topological polar surface area (TPSA) is 58.6 Å². The summed E-state index contributed by atoms with van der Waals surface area (Å²) in [5.41, 5.74) is 1.05. The summed E-state index contributed by atoms with van der Waals surface area (Å²) in [4.78, 5) is 12.2. The van der Waals surface area contributed by atoms with Crippen LogP contribution in [0.25, 0.3) is 0 Å². The van der Waals surface area contributed by atoms with Crippen LogP contribution in [0, 0.1) is 0 Å². The van der Waals surface area contributed by atoms with Gasteiger partial charge < -0.3 is 15.2 Å². The molecule has 0 saturated heterocycles.